The summed E-state index contributed by atoms with van der Waals surface area (Å²) in [4.78, 5) is 13.0. The number of thioether (sulfide) groups is 1. The second-order valence-electron chi connectivity index (χ2n) is 6.12. The normalized spacial score (nSPS) is 22.9. The molecule has 0 spiro atoms. The number of rotatable bonds is 5. The molecule has 3 aromatic rings. The van der Waals surface area contributed by atoms with Crippen molar-refractivity contribution < 1.29 is 14.9 Å². The summed E-state index contributed by atoms with van der Waals surface area (Å²) in [7, 11) is 0. The molecule has 3 heterocycles. The summed E-state index contributed by atoms with van der Waals surface area (Å²) in [6, 6.07) is 10.1. The molecule has 1 aromatic carbocycles. The van der Waals surface area contributed by atoms with Gasteiger partial charge in [-0.1, -0.05) is 42.1 Å². The molecule has 2 aromatic heterocycles. The average Bonchev–Trinajstić information content (AvgIpc) is 3.23. The zero-order chi connectivity index (χ0) is 18.1. The first-order valence-corrected chi connectivity index (χ1v) is 9.25. The predicted molar refractivity (Wildman–Crippen MR) is 97.4 cm³/mol. The Bertz CT molecular complexity index is 904. The SMILES string of the molecule is Nc1nc(SCc2ccccc2)c2ncn([C@@H]3O[C@@H](CO)C[C@H]3O)c2n1. The fourth-order valence-electron chi connectivity index (χ4n) is 3.02. The molecular weight excluding hydrogens is 354 g/mol. The van der Waals surface area contributed by atoms with Gasteiger partial charge in [0.2, 0.25) is 5.95 Å². The highest BCUT2D eigenvalue weighted by atomic mass is 32.2. The van der Waals surface area contributed by atoms with E-state index in [1.807, 2.05) is 30.3 Å². The van der Waals surface area contributed by atoms with Crippen LogP contribution >= 0.6 is 11.8 Å². The van der Waals surface area contributed by atoms with E-state index in [1.54, 1.807) is 10.9 Å². The van der Waals surface area contributed by atoms with E-state index >= 15 is 0 Å². The maximum atomic E-state index is 10.2. The third-order valence-electron chi connectivity index (χ3n) is 4.27. The number of benzene rings is 1. The number of nitrogens with zero attached hydrogens (tertiary/aromatic N) is 4. The number of hydrogen-bond acceptors (Lipinski definition) is 8. The number of imidazole rings is 1. The van der Waals surface area contributed by atoms with Gasteiger partial charge >= 0.3 is 0 Å². The zero-order valence-corrected chi connectivity index (χ0v) is 14.7. The molecule has 1 saturated heterocycles. The van der Waals surface area contributed by atoms with E-state index in [1.165, 1.54) is 17.3 Å². The van der Waals surface area contributed by atoms with Gasteiger partial charge in [-0.3, -0.25) is 4.57 Å². The van der Waals surface area contributed by atoms with Gasteiger partial charge < -0.3 is 20.7 Å². The van der Waals surface area contributed by atoms with Crippen molar-refractivity contribution in [2.24, 2.45) is 0 Å². The smallest absolute Gasteiger partial charge is 0.223 e. The molecular formula is C17H19N5O3S. The van der Waals surface area contributed by atoms with E-state index in [-0.39, 0.29) is 12.6 Å². The minimum Gasteiger partial charge on any atom is -0.394 e. The summed E-state index contributed by atoms with van der Waals surface area (Å²) in [5.41, 5.74) is 8.18. The lowest BCUT2D eigenvalue weighted by molar-refractivity contribution is -0.0486. The van der Waals surface area contributed by atoms with Crippen molar-refractivity contribution in [3.05, 3.63) is 42.2 Å². The highest BCUT2D eigenvalue weighted by Gasteiger charge is 2.36. The van der Waals surface area contributed by atoms with Gasteiger partial charge in [-0.2, -0.15) is 4.98 Å². The van der Waals surface area contributed by atoms with Crippen molar-refractivity contribution in [1.29, 1.82) is 0 Å². The van der Waals surface area contributed by atoms with Crippen LogP contribution < -0.4 is 5.73 Å². The summed E-state index contributed by atoms with van der Waals surface area (Å²) >= 11 is 1.53. The Kier molecular flexibility index (Phi) is 4.77. The van der Waals surface area contributed by atoms with Crippen LogP contribution in [0, 0.1) is 0 Å². The third-order valence-corrected chi connectivity index (χ3v) is 5.30. The standard InChI is InChI=1S/C17H19N5O3S/c18-17-20-14-13(15(21-17)26-8-10-4-2-1-3-5-10)19-9-22(14)16-12(24)6-11(7-23)25-16/h1-5,9,11-12,16,23-24H,6-8H2,(H2,18,20,21)/t11-,12-,16-/m1/s1. The molecule has 0 aliphatic carbocycles. The molecule has 1 aliphatic heterocycles. The number of aliphatic hydroxyl groups excluding tert-OH is 2. The number of anilines is 1. The number of nitrogen functional groups attached to an aromatic ring is 1. The third kappa shape index (κ3) is 3.26. The van der Waals surface area contributed by atoms with E-state index in [9.17, 15) is 10.2 Å². The van der Waals surface area contributed by atoms with Crippen LogP contribution in [0.25, 0.3) is 11.2 Å². The highest BCUT2D eigenvalue weighted by Crippen LogP contribution is 2.33. The van der Waals surface area contributed by atoms with Crippen molar-refractivity contribution in [2.45, 2.75) is 35.6 Å². The van der Waals surface area contributed by atoms with Crippen LogP contribution in [0.5, 0.6) is 0 Å². The molecule has 0 saturated carbocycles. The molecule has 136 valence electrons. The second-order valence-corrected chi connectivity index (χ2v) is 7.08. The molecule has 8 nitrogen and oxygen atoms in total. The fraction of sp³-hybridized carbons (Fsp3) is 0.353. The van der Waals surface area contributed by atoms with E-state index in [0.717, 1.165) is 5.75 Å². The molecule has 4 N–H and O–H groups in total. The Hall–Kier alpha value is -2.20. The van der Waals surface area contributed by atoms with Crippen LogP contribution in [-0.4, -0.2) is 48.5 Å². The van der Waals surface area contributed by atoms with Crippen LogP contribution in [0.3, 0.4) is 0 Å². The number of hydrogen-bond donors (Lipinski definition) is 3. The summed E-state index contributed by atoms with van der Waals surface area (Å²) in [5.74, 6) is 0.870. The first kappa shape index (κ1) is 17.2. The molecule has 0 unspecified atom stereocenters. The largest absolute Gasteiger partial charge is 0.394 e. The summed E-state index contributed by atoms with van der Waals surface area (Å²) < 4.78 is 7.35. The molecule has 26 heavy (non-hydrogen) atoms. The maximum absolute atomic E-state index is 10.2. The summed E-state index contributed by atoms with van der Waals surface area (Å²) in [6.45, 7) is -0.143. The fourth-order valence-corrected chi connectivity index (χ4v) is 3.95. The Morgan fingerprint density at radius 1 is 1.27 bits per heavy atom. The lowest BCUT2D eigenvalue weighted by Gasteiger charge is -2.16. The van der Waals surface area contributed by atoms with Crippen LogP contribution in [0.4, 0.5) is 5.95 Å². The van der Waals surface area contributed by atoms with Crippen molar-refractivity contribution in [3.8, 4) is 0 Å². The number of fused-ring (bicyclic) bond motifs is 1. The number of aliphatic hydroxyl groups is 2. The van der Waals surface area contributed by atoms with E-state index in [2.05, 4.69) is 15.0 Å². The van der Waals surface area contributed by atoms with E-state index in [0.29, 0.717) is 22.6 Å². The number of aromatic nitrogens is 4. The summed E-state index contributed by atoms with van der Waals surface area (Å²) in [5, 5.41) is 20.2. The Morgan fingerprint density at radius 2 is 2.08 bits per heavy atom. The van der Waals surface area contributed by atoms with Gasteiger partial charge in [0.1, 0.15) is 16.6 Å². The monoisotopic (exact) mass is 373 g/mol. The van der Waals surface area contributed by atoms with Crippen LogP contribution in [-0.2, 0) is 10.5 Å². The van der Waals surface area contributed by atoms with Crippen LogP contribution in [0.2, 0.25) is 0 Å². The first-order chi connectivity index (χ1) is 12.7. The predicted octanol–water partition coefficient (Wildman–Crippen LogP) is 1.34. The molecule has 0 amide bonds. The van der Waals surface area contributed by atoms with Gasteiger partial charge in [-0.25, -0.2) is 9.97 Å². The molecule has 9 heteroatoms. The van der Waals surface area contributed by atoms with E-state index < -0.39 is 18.4 Å². The van der Waals surface area contributed by atoms with Crippen molar-refractivity contribution in [3.63, 3.8) is 0 Å². The number of nitrogens with two attached hydrogens (primary N) is 1. The Balaban J connectivity index is 1.65. The van der Waals surface area contributed by atoms with Crippen molar-refractivity contribution >= 4 is 28.9 Å². The van der Waals surface area contributed by atoms with Gasteiger partial charge in [0.05, 0.1) is 19.0 Å². The van der Waals surface area contributed by atoms with E-state index in [4.69, 9.17) is 10.5 Å². The Labute approximate surface area is 154 Å². The van der Waals surface area contributed by atoms with Crippen molar-refractivity contribution in [1.82, 2.24) is 19.5 Å². The van der Waals surface area contributed by atoms with Gasteiger partial charge in [-0.05, 0) is 5.56 Å². The van der Waals surface area contributed by atoms with Gasteiger partial charge in [0, 0.05) is 12.2 Å². The molecule has 4 rings (SSSR count). The highest BCUT2D eigenvalue weighted by molar-refractivity contribution is 7.98. The minimum atomic E-state index is -0.749. The van der Waals surface area contributed by atoms with Gasteiger partial charge in [-0.15, -0.1) is 0 Å². The number of ether oxygens (including phenoxy) is 1. The summed E-state index contributed by atoms with van der Waals surface area (Å²) in [6.07, 6.45) is 0.119. The maximum Gasteiger partial charge on any atom is 0.223 e. The lowest BCUT2D eigenvalue weighted by Crippen LogP contribution is -2.19. The zero-order valence-electron chi connectivity index (χ0n) is 13.9. The molecule has 0 bridgehead atoms. The molecule has 3 atom stereocenters. The van der Waals surface area contributed by atoms with Crippen molar-refractivity contribution in [2.75, 3.05) is 12.3 Å². The Morgan fingerprint density at radius 3 is 2.81 bits per heavy atom. The minimum absolute atomic E-state index is 0.140. The van der Waals surface area contributed by atoms with Gasteiger partial charge in [0.25, 0.3) is 0 Å². The van der Waals surface area contributed by atoms with Crippen LogP contribution in [0.1, 0.15) is 18.2 Å². The molecule has 0 radical (unpaired) electrons. The quantitative estimate of drug-likeness (QED) is 0.453. The first-order valence-electron chi connectivity index (χ1n) is 8.27. The average molecular weight is 373 g/mol. The topological polar surface area (TPSA) is 119 Å². The second kappa shape index (κ2) is 7.20. The van der Waals surface area contributed by atoms with Crippen LogP contribution in [0.15, 0.2) is 41.7 Å². The van der Waals surface area contributed by atoms with Gasteiger partial charge in [0.15, 0.2) is 11.9 Å². The molecule has 1 fully saturated rings. The lowest BCUT2D eigenvalue weighted by atomic mass is 10.2. The molecule has 1 aliphatic rings.